The molecule has 2 aromatic heterocycles. The van der Waals surface area contributed by atoms with Crippen molar-refractivity contribution in [3.8, 4) is 0 Å². The summed E-state index contributed by atoms with van der Waals surface area (Å²) in [6, 6.07) is 3.31. The Morgan fingerprint density at radius 1 is 1.21 bits per heavy atom. The topological polar surface area (TPSA) is 84.7 Å². The number of nitrogens with one attached hydrogen (secondary N) is 2. The zero-order valence-electron chi connectivity index (χ0n) is 15.5. The molecule has 0 saturated carbocycles. The van der Waals surface area contributed by atoms with E-state index < -0.39 is 23.1 Å². The van der Waals surface area contributed by atoms with Crippen LogP contribution in [0.15, 0.2) is 29.6 Å². The second-order valence-corrected chi connectivity index (χ2v) is 6.72. The minimum absolute atomic E-state index is 0.139. The van der Waals surface area contributed by atoms with E-state index in [2.05, 4.69) is 32.6 Å². The van der Waals surface area contributed by atoms with Crippen molar-refractivity contribution in [3.63, 3.8) is 0 Å². The number of aromatic nitrogens is 4. The molecule has 148 valence electrons. The van der Waals surface area contributed by atoms with Crippen LogP contribution in [0.4, 0.5) is 14.6 Å². The number of thioether (sulfide) groups is 1. The minimum Gasteiger partial charge on any atom is -0.369 e. The van der Waals surface area contributed by atoms with E-state index in [-0.39, 0.29) is 6.54 Å². The van der Waals surface area contributed by atoms with Crippen LogP contribution >= 0.6 is 11.8 Å². The van der Waals surface area contributed by atoms with Gasteiger partial charge in [0, 0.05) is 13.1 Å². The Morgan fingerprint density at radius 3 is 2.64 bits per heavy atom. The van der Waals surface area contributed by atoms with Crippen molar-refractivity contribution in [2.75, 3.05) is 24.7 Å². The molecule has 0 aliphatic heterocycles. The summed E-state index contributed by atoms with van der Waals surface area (Å²) in [6.45, 7) is 3.27. The monoisotopic (exact) mass is 406 g/mol. The van der Waals surface area contributed by atoms with Crippen LogP contribution in [0.1, 0.15) is 23.7 Å². The van der Waals surface area contributed by atoms with E-state index in [0.29, 0.717) is 23.2 Å². The van der Waals surface area contributed by atoms with E-state index in [1.165, 1.54) is 17.8 Å². The minimum atomic E-state index is -0.897. The van der Waals surface area contributed by atoms with E-state index in [9.17, 15) is 13.6 Å². The number of anilines is 1. The zero-order chi connectivity index (χ0) is 20.1. The molecule has 7 nitrogen and oxygen atoms in total. The Bertz CT molecular complexity index is 973. The highest BCUT2D eigenvalue weighted by Gasteiger charge is 2.17. The van der Waals surface area contributed by atoms with Crippen LogP contribution < -0.4 is 10.6 Å². The van der Waals surface area contributed by atoms with E-state index in [1.54, 1.807) is 10.9 Å². The summed E-state index contributed by atoms with van der Waals surface area (Å²) >= 11 is 1.42. The van der Waals surface area contributed by atoms with Gasteiger partial charge in [-0.15, -0.1) is 0 Å². The maximum Gasteiger partial charge on any atom is 0.257 e. The van der Waals surface area contributed by atoms with Crippen molar-refractivity contribution < 1.29 is 13.6 Å². The molecule has 3 aromatic rings. The van der Waals surface area contributed by atoms with Gasteiger partial charge < -0.3 is 10.6 Å². The molecule has 0 atom stereocenters. The number of carbonyl (C=O) groups is 1. The lowest BCUT2D eigenvalue weighted by Gasteiger charge is -2.09. The van der Waals surface area contributed by atoms with Gasteiger partial charge in [-0.25, -0.2) is 23.4 Å². The van der Waals surface area contributed by atoms with E-state index in [0.717, 1.165) is 30.5 Å². The third-order valence-corrected chi connectivity index (χ3v) is 4.55. The maximum atomic E-state index is 13.7. The molecule has 1 amide bonds. The molecule has 0 fully saturated rings. The standard InChI is InChI=1S/C18H20F2N6OS/c1-3-7-21-15-11-10-23-26(16(11)25-18(24-15)28-2)9-8-22-17(27)14-12(19)5-4-6-13(14)20/h4-6,10H,3,7-9H2,1-2H3,(H,22,27)(H,21,24,25). The van der Waals surface area contributed by atoms with Crippen LogP contribution in [0.2, 0.25) is 0 Å². The lowest BCUT2D eigenvalue weighted by atomic mass is 10.2. The first-order chi connectivity index (χ1) is 13.5. The highest BCUT2D eigenvalue weighted by Crippen LogP contribution is 2.23. The van der Waals surface area contributed by atoms with Gasteiger partial charge in [0.25, 0.3) is 5.91 Å². The Hall–Kier alpha value is -2.75. The van der Waals surface area contributed by atoms with Gasteiger partial charge in [-0.2, -0.15) is 5.10 Å². The van der Waals surface area contributed by atoms with Gasteiger partial charge in [-0.1, -0.05) is 24.8 Å². The summed E-state index contributed by atoms with van der Waals surface area (Å²) in [5.41, 5.74) is 0.0372. The Balaban J connectivity index is 1.75. The summed E-state index contributed by atoms with van der Waals surface area (Å²) in [5.74, 6) is -1.89. The number of nitrogens with zero attached hydrogens (tertiary/aromatic N) is 4. The van der Waals surface area contributed by atoms with Gasteiger partial charge in [-0.05, 0) is 24.8 Å². The predicted molar refractivity (Wildman–Crippen MR) is 105 cm³/mol. The molecule has 0 aliphatic rings. The SMILES string of the molecule is CCCNc1nc(SC)nc2c1cnn2CCNC(=O)c1c(F)cccc1F. The van der Waals surface area contributed by atoms with Crippen LogP contribution in [-0.2, 0) is 6.54 Å². The van der Waals surface area contributed by atoms with Gasteiger partial charge in [-0.3, -0.25) is 4.79 Å². The van der Waals surface area contributed by atoms with Gasteiger partial charge in [0.05, 0.1) is 18.1 Å². The van der Waals surface area contributed by atoms with Crippen LogP contribution in [0.5, 0.6) is 0 Å². The van der Waals surface area contributed by atoms with Gasteiger partial charge in [0.2, 0.25) is 0 Å². The first kappa shape index (κ1) is 20.0. The molecule has 0 saturated heterocycles. The lowest BCUT2D eigenvalue weighted by molar-refractivity contribution is 0.0943. The molecule has 3 rings (SSSR count). The average Bonchev–Trinajstić information content (AvgIpc) is 3.09. The molecule has 0 radical (unpaired) electrons. The number of hydrogen-bond acceptors (Lipinski definition) is 6. The summed E-state index contributed by atoms with van der Waals surface area (Å²) in [7, 11) is 0. The molecule has 2 N–H and O–H groups in total. The van der Waals surface area contributed by atoms with Crippen molar-refractivity contribution >= 4 is 34.5 Å². The third-order valence-electron chi connectivity index (χ3n) is 4.00. The number of carbonyl (C=O) groups excluding carboxylic acids is 1. The number of benzene rings is 1. The predicted octanol–water partition coefficient (Wildman–Crippen LogP) is 3.08. The molecule has 28 heavy (non-hydrogen) atoms. The number of amides is 1. The summed E-state index contributed by atoms with van der Waals surface area (Å²) in [5, 5.41) is 11.5. The Labute approximate surface area is 164 Å². The number of hydrogen-bond donors (Lipinski definition) is 2. The van der Waals surface area contributed by atoms with Crippen molar-refractivity contribution in [3.05, 3.63) is 41.6 Å². The molecule has 10 heteroatoms. The average molecular weight is 406 g/mol. The second-order valence-electron chi connectivity index (χ2n) is 5.94. The fourth-order valence-corrected chi connectivity index (χ4v) is 3.01. The highest BCUT2D eigenvalue weighted by atomic mass is 32.2. The number of fused-ring (bicyclic) bond motifs is 1. The molecule has 0 aliphatic carbocycles. The molecular weight excluding hydrogens is 386 g/mol. The van der Waals surface area contributed by atoms with E-state index in [4.69, 9.17) is 0 Å². The van der Waals surface area contributed by atoms with Crippen molar-refractivity contribution in [1.82, 2.24) is 25.1 Å². The summed E-state index contributed by atoms with van der Waals surface area (Å²) in [4.78, 5) is 21.0. The van der Waals surface area contributed by atoms with Gasteiger partial charge >= 0.3 is 0 Å². The molecule has 0 spiro atoms. The van der Waals surface area contributed by atoms with Crippen molar-refractivity contribution in [2.24, 2.45) is 0 Å². The molecule has 0 bridgehead atoms. The molecule has 0 unspecified atom stereocenters. The Kier molecular flexibility index (Phi) is 6.40. The lowest BCUT2D eigenvalue weighted by Crippen LogP contribution is -2.29. The smallest absolute Gasteiger partial charge is 0.257 e. The largest absolute Gasteiger partial charge is 0.369 e. The van der Waals surface area contributed by atoms with Crippen LogP contribution in [0, 0.1) is 11.6 Å². The normalized spacial score (nSPS) is 11.0. The van der Waals surface area contributed by atoms with Gasteiger partial charge in [0.1, 0.15) is 23.0 Å². The third kappa shape index (κ3) is 4.22. The molecular formula is C18H20F2N6OS. The van der Waals surface area contributed by atoms with Crippen molar-refractivity contribution in [2.45, 2.75) is 25.0 Å². The number of halogens is 2. The second kappa shape index (κ2) is 8.96. The fraction of sp³-hybridized carbons (Fsp3) is 0.333. The Morgan fingerprint density at radius 2 is 1.96 bits per heavy atom. The summed E-state index contributed by atoms with van der Waals surface area (Å²) < 4.78 is 29.0. The van der Waals surface area contributed by atoms with E-state index in [1.807, 2.05) is 6.26 Å². The quantitative estimate of drug-likeness (QED) is 0.442. The maximum absolute atomic E-state index is 13.7. The van der Waals surface area contributed by atoms with Crippen LogP contribution in [0.25, 0.3) is 11.0 Å². The fourth-order valence-electron chi connectivity index (χ4n) is 2.65. The first-order valence-corrected chi connectivity index (χ1v) is 10.0. The molecule has 1 aromatic carbocycles. The van der Waals surface area contributed by atoms with Crippen LogP contribution in [0.3, 0.4) is 0 Å². The first-order valence-electron chi connectivity index (χ1n) is 8.78. The van der Waals surface area contributed by atoms with Crippen LogP contribution in [-0.4, -0.2) is 45.0 Å². The number of rotatable bonds is 8. The van der Waals surface area contributed by atoms with Crippen molar-refractivity contribution in [1.29, 1.82) is 0 Å². The zero-order valence-corrected chi connectivity index (χ0v) is 16.3. The van der Waals surface area contributed by atoms with E-state index >= 15 is 0 Å². The highest BCUT2D eigenvalue weighted by molar-refractivity contribution is 7.98. The van der Waals surface area contributed by atoms with Gasteiger partial charge in [0.15, 0.2) is 10.8 Å². The molecule has 2 heterocycles. The summed E-state index contributed by atoms with van der Waals surface area (Å²) in [6.07, 6.45) is 4.50.